The molecule has 1 aliphatic carbocycles. The summed E-state index contributed by atoms with van der Waals surface area (Å²) in [4.78, 5) is 12.2. The average molecular weight is 304 g/mol. The maximum Gasteiger partial charge on any atom is 0.315 e. The maximum absolute atomic E-state index is 12.2. The molecule has 1 saturated carbocycles. The molecule has 3 unspecified atom stereocenters. The first kappa shape index (κ1) is 15.2. The molecule has 2 aliphatic rings. The van der Waals surface area contributed by atoms with Gasteiger partial charge in [0.2, 0.25) is 0 Å². The Morgan fingerprint density at radius 2 is 2.09 bits per heavy atom. The van der Waals surface area contributed by atoms with Gasteiger partial charge in [-0.25, -0.2) is 4.79 Å². The summed E-state index contributed by atoms with van der Waals surface area (Å²) < 4.78 is 5.71. The number of aliphatic hydroxyl groups excluding tert-OH is 1. The number of fused-ring (bicyclic) bond motifs is 1. The molecule has 1 aliphatic heterocycles. The highest BCUT2D eigenvalue weighted by Crippen LogP contribution is 2.31. The van der Waals surface area contributed by atoms with Crippen LogP contribution >= 0.6 is 0 Å². The molecule has 2 amide bonds. The van der Waals surface area contributed by atoms with Crippen LogP contribution in [0.5, 0.6) is 5.75 Å². The lowest BCUT2D eigenvalue weighted by molar-refractivity contribution is 0.132. The number of rotatable bonds is 3. The number of hydrogen-bond acceptors (Lipinski definition) is 3. The van der Waals surface area contributed by atoms with Crippen molar-refractivity contribution in [2.45, 2.75) is 44.2 Å². The normalized spacial score (nSPS) is 27.4. The van der Waals surface area contributed by atoms with E-state index in [-0.39, 0.29) is 24.1 Å². The Hall–Kier alpha value is -1.75. The smallest absolute Gasteiger partial charge is 0.315 e. The van der Waals surface area contributed by atoms with E-state index in [9.17, 15) is 9.90 Å². The van der Waals surface area contributed by atoms with Gasteiger partial charge in [0.05, 0.1) is 18.8 Å². The van der Waals surface area contributed by atoms with Gasteiger partial charge in [0, 0.05) is 18.0 Å². The van der Waals surface area contributed by atoms with Crippen LogP contribution in [0.2, 0.25) is 0 Å². The maximum atomic E-state index is 12.2. The van der Waals surface area contributed by atoms with Crippen molar-refractivity contribution in [1.29, 1.82) is 0 Å². The predicted molar refractivity (Wildman–Crippen MR) is 83.8 cm³/mol. The molecule has 0 bridgehead atoms. The molecule has 22 heavy (non-hydrogen) atoms. The molecule has 5 heteroatoms. The van der Waals surface area contributed by atoms with E-state index in [2.05, 4.69) is 10.6 Å². The van der Waals surface area contributed by atoms with Crippen molar-refractivity contribution in [1.82, 2.24) is 10.6 Å². The van der Waals surface area contributed by atoms with Crippen LogP contribution < -0.4 is 15.4 Å². The van der Waals surface area contributed by atoms with Crippen LogP contribution in [0.25, 0.3) is 0 Å². The number of urea groups is 1. The van der Waals surface area contributed by atoms with Crippen molar-refractivity contribution in [3.63, 3.8) is 0 Å². The van der Waals surface area contributed by atoms with Crippen molar-refractivity contribution < 1.29 is 14.6 Å². The number of benzene rings is 1. The van der Waals surface area contributed by atoms with Crippen LogP contribution in [0.3, 0.4) is 0 Å². The number of ether oxygens (including phenoxy) is 1. The fraction of sp³-hybridized carbons (Fsp3) is 0.588. The minimum absolute atomic E-state index is 0.0211. The first-order valence-electron chi connectivity index (χ1n) is 8.18. The van der Waals surface area contributed by atoms with E-state index in [1.807, 2.05) is 24.3 Å². The number of carbonyl (C=O) groups is 1. The molecule has 3 rings (SSSR count). The second-order valence-corrected chi connectivity index (χ2v) is 6.19. The van der Waals surface area contributed by atoms with Gasteiger partial charge in [-0.1, -0.05) is 24.6 Å². The van der Waals surface area contributed by atoms with Crippen LogP contribution in [0.1, 0.15) is 43.7 Å². The van der Waals surface area contributed by atoms with E-state index in [0.717, 1.165) is 43.4 Å². The minimum Gasteiger partial charge on any atom is -0.493 e. The summed E-state index contributed by atoms with van der Waals surface area (Å²) >= 11 is 0. The van der Waals surface area contributed by atoms with Gasteiger partial charge >= 0.3 is 6.03 Å². The SMILES string of the molecule is O=C(NCC1CCCC1O)NC1CCCOc2ccccc21. The first-order chi connectivity index (χ1) is 10.7. The van der Waals surface area contributed by atoms with Gasteiger partial charge in [-0.2, -0.15) is 0 Å². The third-order valence-electron chi connectivity index (χ3n) is 4.64. The third kappa shape index (κ3) is 3.53. The van der Waals surface area contributed by atoms with Gasteiger partial charge in [0.25, 0.3) is 0 Å². The van der Waals surface area contributed by atoms with Crippen LogP contribution in [0.4, 0.5) is 4.79 Å². The summed E-state index contributed by atoms with van der Waals surface area (Å²) in [5, 5.41) is 15.7. The Balaban J connectivity index is 1.57. The largest absolute Gasteiger partial charge is 0.493 e. The Bertz CT molecular complexity index is 520. The van der Waals surface area contributed by atoms with Crippen molar-refractivity contribution in [2.24, 2.45) is 5.92 Å². The molecule has 3 N–H and O–H groups in total. The quantitative estimate of drug-likeness (QED) is 0.803. The third-order valence-corrected chi connectivity index (χ3v) is 4.64. The topological polar surface area (TPSA) is 70.6 Å². The Morgan fingerprint density at radius 1 is 1.23 bits per heavy atom. The predicted octanol–water partition coefficient (Wildman–Crippen LogP) is 2.36. The molecule has 1 aromatic carbocycles. The van der Waals surface area contributed by atoms with Crippen LogP contribution in [-0.2, 0) is 0 Å². The molecule has 120 valence electrons. The number of amides is 2. The highest BCUT2D eigenvalue weighted by Gasteiger charge is 2.26. The number of hydrogen-bond donors (Lipinski definition) is 3. The Kier molecular flexibility index (Phi) is 4.83. The van der Waals surface area contributed by atoms with Crippen molar-refractivity contribution in [3.8, 4) is 5.75 Å². The van der Waals surface area contributed by atoms with Crippen LogP contribution in [0, 0.1) is 5.92 Å². The van der Waals surface area contributed by atoms with Gasteiger partial charge in [-0.3, -0.25) is 0 Å². The van der Waals surface area contributed by atoms with E-state index < -0.39 is 0 Å². The molecule has 5 nitrogen and oxygen atoms in total. The van der Waals surface area contributed by atoms with Crippen molar-refractivity contribution >= 4 is 6.03 Å². The zero-order chi connectivity index (χ0) is 15.4. The fourth-order valence-electron chi connectivity index (χ4n) is 3.36. The highest BCUT2D eigenvalue weighted by molar-refractivity contribution is 5.74. The van der Waals surface area contributed by atoms with E-state index in [1.54, 1.807) is 0 Å². The lowest BCUT2D eigenvalue weighted by Gasteiger charge is -2.20. The number of aliphatic hydroxyl groups is 1. The average Bonchev–Trinajstić information content (AvgIpc) is 2.83. The Labute approximate surface area is 131 Å². The van der Waals surface area contributed by atoms with E-state index in [1.165, 1.54) is 0 Å². The molecule has 1 aromatic rings. The number of nitrogens with one attached hydrogen (secondary N) is 2. The Morgan fingerprint density at radius 3 is 2.91 bits per heavy atom. The molecule has 0 radical (unpaired) electrons. The lowest BCUT2D eigenvalue weighted by atomic mass is 10.0. The van der Waals surface area contributed by atoms with E-state index >= 15 is 0 Å². The molecule has 1 heterocycles. The van der Waals surface area contributed by atoms with Crippen molar-refractivity contribution in [3.05, 3.63) is 29.8 Å². The summed E-state index contributed by atoms with van der Waals surface area (Å²) in [5.74, 6) is 1.05. The van der Waals surface area contributed by atoms with E-state index in [4.69, 9.17) is 4.74 Å². The molecule has 3 atom stereocenters. The lowest BCUT2D eigenvalue weighted by Crippen LogP contribution is -2.41. The second-order valence-electron chi connectivity index (χ2n) is 6.19. The molecule has 0 aromatic heterocycles. The summed E-state index contributed by atoms with van der Waals surface area (Å²) in [6, 6.07) is 7.68. The van der Waals surface area contributed by atoms with Gasteiger partial charge in [-0.05, 0) is 31.7 Å². The van der Waals surface area contributed by atoms with E-state index in [0.29, 0.717) is 13.2 Å². The monoisotopic (exact) mass is 304 g/mol. The highest BCUT2D eigenvalue weighted by atomic mass is 16.5. The van der Waals surface area contributed by atoms with Gasteiger partial charge < -0.3 is 20.5 Å². The van der Waals surface area contributed by atoms with Crippen molar-refractivity contribution in [2.75, 3.05) is 13.2 Å². The summed E-state index contributed by atoms with van der Waals surface area (Å²) in [6.45, 7) is 1.23. The number of para-hydroxylation sites is 1. The van der Waals surface area contributed by atoms with Gasteiger partial charge in [-0.15, -0.1) is 0 Å². The number of carbonyl (C=O) groups excluding carboxylic acids is 1. The standard InChI is InChI=1S/C17H24N2O3/c20-15-8-3-5-12(15)11-18-17(21)19-14-7-4-10-22-16-9-2-1-6-13(14)16/h1-2,6,9,12,14-15,20H,3-5,7-8,10-11H2,(H2,18,19,21). The zero-order valence-electron chi connectivity index (χ0n) is 12.8. The second kappa shape index (κ2) is 7.01. The summed E-state index contributed by atoms with van der Waals surface area (Å²) in [5.41, 5.74) is 1.04. The summed E-state index contributed by atoms with van der Waals surface area (Å²) in [6.07, 6.45) is 4.40. The molecular weight excluding hydrogens is 280 g/mol. The summed E-state index contributed by atoms with van der Waals surface area (Å²) in [7, 11) is 0. The molecular formula is C17H24N2O3. The van der Waals surface area contributed by atoms with Gasteiger partial charge in [0.1, 0.15) is 5.75 Å². The van der Waals surface area contributed by atoms with Crippen LogP contribution in [0.15, 0.2) is 24.3 Å². The van der Waals surface area contributed by atoms with Gasteiger partial charge in [0.15, 0.2) is 0 Å². The molecule has 0 saturated heterocycles. The van der Waals surface area contributed by atoms with Crippen LogP contribution in [-0.4, -0.2) is 30.4 Å². The fourth-order valence-corrected chi connectivity index (χ4v) is 3.36. The molecule has 0 spiro atoms. The minimum atomic E-state index is -0.271. The first-order valence-corrected chi connectivity index (χ1v) is 8.18. The zero-order valence-corrected chi connectivity index (χ0v) is 12.8. The molecule has 1 fully saturated rings.